The lowest BCUT2D eigenvalue weighted by Crippen LogP contribution is -2.06. The van der Waals surface area contributed by atoms with Crippen molar-refractivity contribution in [1.29, 1.82) is 0 Å². The third-order valence-electron chi connectivity index (χ3n) is 3.77. The first-order valence-corrected chi connectivity index (χ1v) is 8.83. The lowest BCUT2D eigenvalue weighted by molar-refractivity contribution is 0.0740. The van der Waals surface area contributed by atoms with E-state index in [4.69, 9.17) is 16.3 Å². The topological polar surface area (TPSA) is 44.1 Å². The lowest BCUT2D eigenvalue weighted by Gasteiger charge is -2.03. The molecule has 0 radical (unpaired) electrons. The highest BCUT2D eigenvalue weighted by molar-refractivity contribution is 7.20. The second-order valence-corrected chi connectivity index (χ2v) is 6.97. The summed E-state index contributed by atoms with van der Waals surface area (Å²) in [7, 11) is 0. The van der Waals surface area contributed by atoms with Crippen molar-refractivity contribution in [3.63, 3.8) is 0 Å². The van der Waals surface area contributed by atoms with E-state index in [-0.39, 0.29) is 5.97 Å². The molecular weight excluding hydrogens is 356 g/mol. The predicted octanol–water partition coefficient (Wildman–Crippen LogP) is 5.27. The zero-order valence-corrected chi connectivity index (χ0v) is 14.8. The number of benzene rings is 2. The Morgan fingerprint density at radius 1 is 1.12 bits per heavy atom. The number of hydrogen-bond donors (Lipinski definition) is 0. The van der Waals surface area contributed by atoms with Crippen molar-refractivity contribution in [2.24, 2.45) is 0 Å². The van der Waals surface area contributed by atoms with E-state index in [1.165, 1.54) is 11.3 Å². The molecule has 0 aliphatic rings. The molecule has 25 heavy (non-hydrogen) atoms. The van der Waals surface area contributed by atoms with Gasteiger partial charge in [-0.1, -0.05) is 29.8 Å². The minimum Gasteiger partial charge on any atom is -0.422 e. The maximum Gasteiger partial charge on any atom is 0.353 e. The van der Waals surface area contributed by atoms with Gasteiger partial charge in [0.1, 0.15) is 15.5 Å². The number of fused-ring (bicyclic) bond motifs is 1. The lowest BCUT2D eigenvalue weighted by atomic mass is 10.3. The number of esters is 1. The monoisotopic (exact) mass is 368 g/mol. The molecular formula is C19H13ClN2O2S. The number of carbonyl (C=O) groups is 1. The van der Waals surface area contributed by atoms with Crippen LogP contribution in [0.2, 0.25) is 5.02 Å². The van der Waals surface area contributed by atoms with Gasteiger partial charge < -0.3 is 4.74 Å². The van der Waals surface area contributed by atoms with Crippen LogP contribution >= 0.6 is 22.9 Å². The van der Waals surface area contributed by atoms with E-state index in [9.17, 15) is 4.79 Å². The highest BCUT2D eigenvalue weighted by Crippen LogP contribution is 2.31. The molecule has 0 fully saturated rings. The SMILES string of the molecule is Cc1nn(-c2ccccc2)c2sc(C(=O)Oc3ccc(Cl)cc3)cc12. The average molecular weight is 369 g/mol. The smallest absolute Gasteiger partial charge is 0.353 e. The maximum absolute atomic E-state index is 12.5. The summed E-state index contributed by atoms with van der Waals surface area (Å²) in [6.07, 6.45) is 0. The zero-order valence-electron chi connectivity index (χ0n) is 13.3. The van der Waals surface area contributed by atoms with Crippen LogP contribution in [0.25, 0.3) is 15.9 Å². The molecule has 0 spiro atoms. The Labute approximate surface area is 153 Å². The van der Waals surface area contributed by atoms with Crippen LogP contribution in [0.3, 0.4) is 0 Å². The summed E-state index contributed by atoms with van der Waals surface area (Å²) in [6.45, 7) is 1.93. The molecule has 0 unspecified atom stereocenters. The normalized spacial score (nSPS) is 11.0. The van der Waals surface area contributed by atoms with Crippen molar-refractivity contribution in [2.45, 2.75) is 6.92 Å². The van der Waals surface area contributed by atoms with Crippen molar-refractivity contribution >= 4 is 39.1 Å². The van der Waals surface area contributed by atoms with Gasteiger partial charge in [0, 0.05) is 10.4 Å². The van der Waals surface area contributed by atoms with Gasteiger partial charge in [-0.3, -0.25) is 0 Å². The molecule has 0 amide bonds. The summed E-state index contributed by atoms with van der Waals surface area (Å²) < 4.78 is 7.28. The second-order valence-electron chi connectivity index (χ2n) is 5.51. The van der Waals surface area contributed by atoms with E-state index in [2.05, 4.69) is 5.10 Å². The molecule has 0 saturated heterocycles. The zero-order chi connectivity index (χ0) is 17.4. The molecule has 4 rings (SSSR count). The van der Waals surface area contributed by atoms with Crippen molar-refractivity contribution < 1.29 is 9.53 Å². The highest BCUT2D eigenvalue weighted by Gasteiger charge is 2.18. The number of aromatic nitrogens is 2. The van der Waals surface area contributed by atoms with E-state index in [0.29, 0.717) is 15.6 Å². The van der Waals surface area contributed by atoms with Gasteiger partial charge in [0.15, 0.2) is 0 Å². The minimum absolute atomic E-state index is 0.387. The van der Waals surface area contributed by atoms with Gasteiger partial charge in [0.25, 0.3) is 0 Å². The number of hydrogen-bond acceptors (Lipinski definition) is 4. The van der Waals surface area contributed by atoms with Crippen LogP contribution in [0.5, 0.6) is 5.75 Å². The Balaban J connectivity index is 1.69. The summed E-state index contributed by atoms with van der Waals surface area (Å²) in [5.74, 6) is 0.0794. The number of ether oxygens (including phenoxy) is 1. The number of rotatable bonds is 3. The molecule has 0 saturated carbocycles. The molecule has 4 nitrogen and oxygen atoms in total. The molecule has 6 heteroatoms. The highest BCUT2D eigenvalue weighted by atomic mass is 35.5. The average Bonchev–Trinajstić information content (AvgIpc) is 3.19. The van der Waals surface area contributed by atoms with Crippen molar-refractivity contribution in [1.82, 2.24) is 9.78 Å². The van der Waals surface area contributed by atoms with Gasteiger partial charge in [-0.15, -0.1) is 11.3 Å². The maximum atomic E-state index is 12.5. The molecule has 2 aromatic heterocycles. The van der Waals surface area contributed by atoms with Crippen LogP contribution in [0, 0.1) is 6.92 Å². The Kier molecular flexibility index (Phi) is 4.03. The third kappa shape index (κ3) is 3.04. The third-order valence-corrected chi connectivity index (χ3v) is 5.11. The molecule has 0 atom stereocenters. The molecule has 0 aliphatic carbocycles. The van der Waals surface area contributed by atoms with Crippen molar-refractivity contribution in [3.05, 3.63) is 76.3 Å². The Morgan fingerprint density at radius 2 is 1.84 bits per heavy atom. The van der Waals surface area contributed by atoms with Crippen molar-refractivity contribution in [3.8, 4) is 11.4 Å². The minimum atomic E-state index is -0.387. The van der Waals surface area contributed by atoms with E-state index in [1.54, 1.807) is 24.3 Å². The molecule has 2 heterocycles. The second kappa shape index (κ2) is 6.35. The number of aryl methyl sites for hydroxylation is 1. The van der Waals surface area contributed by atoms with E-state index in [0.717, 1.165) is 21.6 Å². The molecule has 0 aliphatic heterocycles. The first-order chi connectivity index (χ1) is 12.1. The standard InChI is InChI=1S/C19H13ClN2O2S/c1-12-16-11-17(19(23)24-15-9-7-13(20)8-10-15)25-18(16)22(21-12)14-5-3-2-4-6-14/h2-11H,1H3. The van der Waals surface area contributed by atoms with Gasteiger partial charge >= 0.3 is 5.97 Å². The van der Waals surface area contributed by atoms with Crippen LogP contribution < -0.4 is 4.74 Å². The van der Waals surface area contributed by atoms with Crippen LogP contribution in [0.15, 0.2) is 60.7 Å². The quantitative estimate of drug-likeness (QED) is 0.365. The van der Waals surface area contributed by atoms with Crippen LogP contribution in [0.4, 0.5) is 0 Å². The summed E-state index contributed by atoms with van der Waals surface area (Å²) in [4.78, 5) is 13.9. The van der Waals surface area contributed by atoms with Gasteiger partial charge in [0.05, 0.1) is 11.4 Å². The molecule has 124 valence electrons. The number of thiophene rings is 1. The molecule has 0 bridgehead atoms. The van der Waals surface area contributed by atoms with Gasteiger partial charge in [-0.2, -0.15) is 5.10 Å². The summed E-state index contributed by atoms with van der Waals surface area (Å²) in [6, 6.07) is 18.4. The fourth-order valence-electron chi connectivity index (χ4n) is 2.55. The number of halogens is 1. The van der Waals surface area contributed by atoms with Crippen LogP contribution in [0.1, 0.15) is 15.4 Å². The summed E-state index contributed by atoms with van der Waals surface area (Å²) in [5, 5.41) is 6.13. The summed E-state index contributed by atoms with van der Waals surface area (Å²) >= 11 is 7.22. The predicted molar refractivity (Wildman–Crippen MR) is 100 cm³/mol. The first kappa shape index (κ1) is 15.9. The van der Waals surface area contributed by atoms with Crippen molar-refractivity contribution in [2.75, 3.05) is 0 Å². The van der Waals surface area contributed by atoms with Crippen LogP contribution in [-0.4, -0.2) is 15.7 Å². The van der Waals surface area contributed by atoms with E-state index >= 15 is 0 Å². The number of para-hydroxylation sites is 1. The summed E-state index contributed by atoms with van der Waals surface area (Å²) in [5.41, 5.74) is 1.83. The van der Waals surface area contributed by atoms with E-state index < -0.39 is 0 Å². The fraction of sp³-hybridized carbons (Fsp3) is 0.0526. The molecule has 4 aromatic rings. The largest absolute Gasteiger partial charge is 0.422 e. The molecule has 0 N–H and O–H groups in total. The fourth-order valence-corrected chi connectivity index (χ4v) is 3.74. The Bertz CT molecular complexity index is 1050. The van der Waals surface area contributed by atoms with E-state index in [1.807, 2.05) is 48.0 Å². The van der Waals surface area contributed by atoms with Gasteiger partial charge in [0.2, 0.25) is 0 Å². The van der Waals surface area contributed by atoms with Crippen LogP contribution in [-0.2, 0) is 0 Å². The van der Waals surface area contributed by atoms with Gasteiger partial charge in [-0.05, 0) is 49.4 Å². The molecule has 2 aromatic carbocycles. The first-order valence-electron chi connectivity index (χ1n) is 7.64. The Morgan fingerprint density at radius 3 is 2.56 bits per heavy atom. The number of carbonyl (C=O) groups excluding carboxylic acids is 1. The Hall–Kier alpha value is -2.63. The number of nitrogens with zero attached hydrogens (tertiary/aromatic N) is 2. The van der Waals surface area contributed by atoms with Gasteiger partial charge in [-0.25, -0.2) is 9.48 Å².